The summed E-state index contributed by atoms with van der Waals surface area (Å²) in [6.07, 6.45) is 5.35. The van der Waals surface area contributed by atoms with Crippen LogP contribution in [-0.4, -0.2) is 48.5 Å². The molecule has 0 spiro atoms. The first kappa shape index (κ1) is 22.5. The first-order valence-corrected chi connectivity index (χ1v) is 10.1. The lowest BCUT2D eigenvalue weighted by Gasteiger charge is -2.32. The number of piperidine rings is 1. The molecule has 2 amide bonds. The summed E-state index contributed by atoms with van der Waals surface area (Å²) < 4.78 is 5.42. The SMILES string of the molecule is CCOc1ccc(C(=O)N2CCC(NC(=O)C[C@@H]3CCC[C@H]3N)CC2)cc1.Cl. The van der Waals surface area contributed by atoms with Gasteiger partial charge in [-0.2, -0.15) is 0 Å². The second kappa shape index (κ2) is 10.7. The molecule has 156 valence electrons. The fourth-order valence-corrected chi connectivity index (χ4v) is 4.11. The minimum absolute atomic E-state index is 0. The van der Waals surface area contributed by atoms with Gasteiger partial charge in [0.25, 0.3) is 5.91 Å². The zero-order valence-corrected chi connectivity index (χ0v) is 17.4. The maximum Gasteiger partial charge on any atom is 0.253 e. The molecule has 3 N–H and O–H groups in total. The monoisotopic (exact) mass is 409 g/mol. The lowest BCUT2D eigenvalue weighted by Crippen LogP contribution is -2.47. The Balaban J connectivity index is 0.00000280. The molecular weight excluding hydrogens is 378 g/mol. The van der Waals surface area contributed by atoms with Gasteiger partial charge >= 0.3 is 0 Å². The highest BCUT2D eigenvalue weighted by atomic mass is 35.5. The van der Waals surface area contributed by atoms with Crippen molar-refractivity contribution in [2.24, 2.45) is 11.7 Å². The predicted octanol–water partition coefficient (Wildman–Crippen LogP) is 2.75. The molecule has 28 heavy (non-hydrogen) atoms. The van der Waals surface area contributed by atoms with Gasteiger partial charge in [0.2, 0.25) is 5.91 Å². The van der Waals surface area contributed by atoms with E-state index in [0.717, 1.165) is 37.9 Å². The van der Waals surface area contributed by atoms with Crippen LogP contribution in [-0.2, 0) is 4.79 Å². The summed E-state index contributed by atoms with van der Waals surface area (Å²) in [5.41, 5.74) is 6.74. The second-order valence-corrected chi connectivity index (χ2v) is 7.65. The predicted molar refractivity (Wildman–Crippen MR) is 112 cm³/mol. The van der Waals surface area contributed by atoms with Gasteiger partial charge in [-0.05, 0) is 62.8 Å². The van der Waals surface area contributed by atoms with Crippen molar-refractivity contribution in [3.63, 3.8) is 0 Å². The van der Waals surface area contributed by atoms with E-state index in [1.807, 2.05) is 36.1 Å². The molecule has 2 fully saturated rings. The molecule has 2 atom stereocenters. The van der Waals surface area contributed by atoms with Gasteiger partial charge in [-0.3, -0.25) is 9.59 Å². The number of nitrogens with two attached hydrogens (primary N) is 1. The smallest absolute Gasteiger partial charge is 0.253 e. The molecule has 1 saturated carbocycles. The normalized spacial score (nSPS) is 22.4. The fraction of sp³-hybridized carbons (Fsp3) is 0.619. The van der Waals surface area contributed by atoms with Crippen molar-refractivity contribution in [2.45, 2.75) is 57.5 Å². The highest BCUT2D eigenvalue weighted by Crippen LogP contribution is 2.27. The van der Waals surface area contributed by atoms with Gasteiger partial charge in [0.15, 0.2) is 0 Å². The first-order valence-electron chi connectivity index (χ1n) is 10.1. The van der Waals surface area contributed by atoms with Crippen LogP contribution in [0.15, 0.2) is 24.3 Å². The van der Waals surface area contributed by atoms with Crippen LogP contribution in [0.3, 0.4) is 0 Å². The number of halogens is 1. The van der Waals surface area contributed by atoms with Gasteiger partial charge in [-0.1, -0.05) is 6.42 Å². The van der Waals surface area contributed by atoms with Crippen molar-refractivity contribution in [3.05, 3.63) is 29.8 Å². The summed E-state index contributed by atoms with van der Waals surface area (Å²) in [5.74, 6) is 1.25. The Hall–Kier alpha value is -1.79. The lowest BCUT2D eigenvalue weighted by atomic mass is 9.98. The minimum atomic E-state index is 0. The van der Waals surface area contributed by atoms with Crippen molar-refractivity contribution in [1.29, 1.82) is 0 Å². The Morgan fingerprint density at radius 1 is 1.14 bits per heavy atom. The largest absolute Gasteiger partial charge is 0.494 e. The number of benzene rings is 1. The van der Waals surface area contributed by atoms with Crippen LogP contribution in [0.5, 0.6) is 5.75 Å². The van der Waals surface area contributed by atoms with Gasteiger partial charge < -0.3 is 20.7 Å². The van der Waals surface area contributed by atoms with E-state index in [2.05, 4.69) is 5.32 Å². The summed E-state index contributed by atoms with van der Waals surface area (Å²) in [6.45, 7) is 3.88. The molecule has 1 aromatic carbocycles. The lowest BCUT2D eigenvalue weighted by molar-refractivity contribution is -0.123. The van der Waals surface area contributed by atoms with E-state index in [1.54, 1.807) is 0 Å². The highest BCUT2D eigenvalue weighted by Gasteiger charge is 2.28. The molecule has 0 radical (unpaired) electrons. The number of likely N-dealkylation sites (tertiary alicyclic amines) is 1. The number of nitrogens with zero attached hydrogens (tertiary/aromatic N) is 1. The van der Waals surface area contributed by atoms with Crippen LogP contribution >= 0.6 is 12.4 Å². The van der Waals surface area contributed by atoms with Gasteiger partial charge in [0, 0.05) is 37.2 Å². The molecule has 3 rings (SSSR count). The van der Waals surface area contributed by atoms with E-state index in [0.29, 0.717) is 37.6 Å². The van der Waals surface area contributed by atoms with Crippen molar-refractivity contribution in [2.75, 3.05) is 19.7 Å². The molecule has 0 aromatic heterocycles. The molecular formula is C21H32ClN3O3. The van der Waals surface area contributed by atoms with Crippen LogP contribution < -0.4 is 15.8 Å². The molecule has 1 aliphatic heterocycles. The van der Waals surface area contributed by atoms with E-state index in [9.17, 15) is 9.59 Å². The number of amides is 2. The maximum atomic E-state index is 12.6. The summed E-state index contributed by atoms with van der Waals surface area (Å²) in [6, 6.07) is 7.61. The van der Waals surface area contributed by atoms with Gasteiger partial charge in [0.1, 0.15) is 5.75 Å². The second-order valence-electron chi connectivity index (χ2n) is 7.65. The Labute approximate surface area is 173 Å². The number of ether oxygens (including phenoxy) is 1. The maximum absolute atomic E-state index is 12.6. The molecule has 1 aromatic rings. The molecule has 1 heterocycles. The average molecular weight is 410 g/mol. The Morgan fingerprint density at radius 3 is 2.39 bits per heavy atom. The molecule has 1 saturated heterocycles. The Kier molecular flexibility index (Phi) is 8.58. The van der Waals surface area contributed by atoms with E-state index < -0.39 is 0 Å². The summed E-state index contributed by atoms with van der Waals surface area (Å²) in [4.78, 5) is 26.8. The van der Waals surface area contributed by atoms with Gasteiger partial charge in [-0.25, -0.2) is 0 Å². The average Bonchev–Trinajstić information content (AvgIpc) is 3.07. The molecule has 0 unspecified atom stereocenters. The summed E-state index contributed by atoms with van der Waals surface area (Å²) in [7, 11) is 0. The number of rotatable bonds is 6. The van der Waals surface area contributed by atoms with Crippen LogP contribution in [0, 0.1) is 5.92 Å². The zero-order chi connectivity index (χ0) is 19.2. The molecule has 1 aliphatic carbocycles. The van der Waals surface area contributed by atoms with E-state index in [1.165, 1.54) is 0 Å². The van der Waals surface area contributed by atoms with Gasteiger partial charge in [-0.15, -0.1) is 12.4 Å². The molecule has 0 bridgehead atoms. The third kappa shape index (κ3) is 5.85. The van der Waals surface area contributed by atoms with E-state index in [4.69, 9.17) is 10.5 Å². The quantitative estimate of drug-likeness (QED) is 0.756. The molecule has 2 aliphatic rings. The first-order chi connectivity index (χ1) is 13.1. The van der Waals surface area contributed by atoms with Crippen molar-refractivity contribution >= 4 is 24.2 Å². The van der Waals surface area contributed by atoms with Crippen molar-refractivity contribution in [1.82, 2.24) is 10.2 Å². The Bertz CT molecular complexity index is 645. The number of nitrogens with one attached hydrogen (secondary N) is 1. The summed E-state index contributed by atoms with van der Waals surface area (Å²) >= 11 is 0. The topological polar surface area (TPSA) is 84.7 Å². The summed E-state index contributed by atoms with van der Waals surface area (Å²) in [5, 5.41) is 3.14. The van der Waals surface area contributed by atoms with E-state index in [-0.39, 0.29) is 36.3 Å². The van der Waals surface area contributed by atoms with Crippen molar-refractivity contribution < 1.29 is 14.3 Å². The molecule has 6 nitrogen and oxygen atoms in total. The number of hydrogen-bond acceptors (Lipinski definition) is 4. The number of carbonyl (C=O) groups excluding carboxylic acids is 2. The standard InChI is InChI=1S/C21H31N3O3.ClH/c1-2-27-18-8-6-15(7-9-18)21(26)24-12-10-17(11-13-24)23-20(25)14-16-4-3-5-19(16)22;/h6-9,16-17,19H,2-5,10-14,22H2,1H3,(H,23,25);1H/t16-,19+;/m0./s1. The van der Waals surface area contributed by atoms with Gasteiger partial charge in [0.05, 0.1) is 6.61 Å². The zero-order valence-electron chi connectivity index (χ0n) is 16.6. The van der Waals surface area contributed by atoms with Crippen LogP contribution in [0.25, 0.3) is 0 Å². The highest BCUT2D eigenvalue weighted by molar-refractivity contribution is 5.94. The van der Waals surface area contributed by atoms with E-state index >= 15 is 0 Å². The molecule has 7 heteroatoms. The van der Waals surface area contributed by atoms with Crippen LogP contribution in [0.4, 0.5) is 0 Å². The van der Waals surface area contributed by atoms with Crippen molar-refractivity contribution in [3.8, 4) is 5.75 Å². The third-order valence-corrected chi connectivity index (χ3v) is 5.73. The van der Waals surface area contributed by atoms with Crippen LogP contribution in [0.2, 0.25) is 0 Å². The fourth-order valence-electron chi connectivity index (χ4n) is 4.11. The Morgan fingerprint density at radius 2 is 1.82 bits per heavy atom. The number of hydrogen-bond donors (Lipinski definition) is 2. The van der Waals surface area contributed by atoms with Crippen LogP contribution in [0.1, 0.15) is 55.8 Å². The third-order valence-electron chi connectivity index (χ3n) is 5.73. The minimum Gasteiger partial charge on any atom is -0.494 e. The number of carbonyl (C=O) groups is 2.